The minimum Gasteiger partial charge on any atom is -0.857 e. The summed E-state index contributed by atoms with van der Waals surface area (Å²) in [4.78, 5) is 65.0. The van der Waals surface area contributed by atoms with Crippen molar-refractivity contribution in [3.63, 3.8) is 0 Å². The van der Waals surface area contributed by atoms with E-state index in [2.05, 4.69) is 25.2 Å². The Morgan fingerprint density at radius 1 is 1.32 bits per heavy atom. The van der Waals surface area contributed by atoms with Crippen LogP contribution in [-0.4, -0.2) is 78.2 Å². The van der Waals surface area contributed by atoms with Crippen LogP contribution in [0, 0.1) is 0 Å². The Labute approximate surface area is 270 Å². The number of carboxylic acid groups (broad SMARTS) is 1. The molecule has 0 bridgehead atoms. The molecule has 20 heteroatoms. The minimum atomic E-state index is -1.57. The number of carbonyl (C=O) groups is 2. The summed E-state index contributed by atoms with van der Waals surface area (Å²) in [5.41, 5.74) is 3.64. The molecule has 2 aliphatic heterocycles. The zero-order chi connectivity index (χ0) is 26.1. The molecule has 0 saturated carbocycles. The van der Waals surface area contributed by atoms with Gasteiger partial charge in [0, 0.05) is 29.8 Å². The number of aliphatic imine (C=N–C) groups is 1. The number of hydrogen-bond acceptors (Lipinski definition) is 15. The van der Waals surface area contributed by atoms with E-state index in [-0.39, 0.29) is 98.0 Å². The Morgan fingerprint density at radius 2 is 2.03 bits per heavy atom. The summed E-state index contributed by atoms with van der Waals surface area (Å²) in [5, 5.41) is 31.7. The maximum atomic E-state index is 12.9. The van der Waals surface area contributed by atoms with Gasteiger partial charge in [-0.25, -0.2) is 4.98 Å². The molecule has 0 radical (unpaired) electrons. The molecule has 38 heavy (non-hydrogen) atoms. The normalized spacial score (nSPS) is 19.2. The number of aliphatic carboxylic acids is 1. The second kappa shape index (κ2) is 13.6. The maximum Gasteiger partial charge on any atom is 1.00 e. The van der Waals surface area contributed by atoms with Crippen molar-refractivity contribution in [2.75, 3.05) is 24.3 Å². The van der Waals surface area contributed by atoms with Crippen molar-refractivity contribution >= 4 is 63.5 Å². The largest absolute Gasteiger partial charge is 1.00 e. The number of anilines is 1. The maximum absolute atomic E-state index is 12.9. The number of aryl methyl sites for hydroxylation is 1. The molecule has 1 saturated heterocycles. The molecule has 2 atom stereocenters. The molecule has 2 aromatic heterocycles. The van der Waals surface area contributed by atoms with Crippen LogP contribution >= 0.6 is 34.9 Å². The Morgan fingerprint density at radius 3 is 2.63 bits per heavy atom. The molecule has 2 aromatic rings. The van der Waals surface area contributed by atoms with Crippen LogP contribution in [0.2, 0.25) is 0 Å². The molecule has 190 valence electrons. The summed E-state index contributed by atoms with van der Waals surface area (Å²) >= 11 is 3.29. The number of amides is 1. The summed E-state index contributed by atoms with van der Waals surface area (Å²) in [5.74, 6) is -2.91. The van der Waals surface area contributed by atoms with Gasteiger partial charge in [0.15, 0.2) is 16.3 Å². The van der Waals surface area contributed by atoms with Gasteiger partial charge in [-0.3, -0.25) is 34.1 Å². The van der Waals surface area contributed by atoms with E-state index in [1.807, 2.05) is 0 Å². The van der Waals surface area contributed by atoms with Gasteiger partial charge in [-0.2, -0.15) is 4.98 Å². The first-order chi connectivity index (χ1) is 17.1. The first-order valence-electron chi connectivity index (χ1n) is 9.88. The number of nitrogens with zero attached hydrogens (tertiary/aromatic N) is 6. The fraction of sp³-hybridized carbons (Fsp3) is 0.333. The van der Waals surface area contributed by atoms with E-state index in [1.165, 1.54) is 36.0 Å². The Balaban J connectivity index is 0.00000253. The number of nitrogens with two attached hydrogens (primary N) is 1. The number of aromatic amines is 1. The monoisotopic (exact) mass is 598 g/mol. The molecular weight excluding hydrogens is 582 g/mol. The third-order valence-corrected chi connectivity index (χ3v) is 8.06. The van der Waals surface area contributed by atoms with E-state index in [0.29, 0.717) is 5.57 Å². The van der Waals surface area contributed by atoms with Gasteiger partial charge in [0.05, 0.1) is 11.7 Å². The zero-order valence-corrected chi connectivity index (χ0v) is 26.9. The molecule has 0 spiro atoms. The van der Waals surface area contributed by atoms with Crippen molar-refractivity contribution in [2.45, 2.75) is 16.6 Å². The fourth-order valence-corrected chi connectivity index (χ4v) is 6.29. The zero-order valence-electron chi connectivity index (χ0n) is 20.5. The van der Waals surface area contributed by atoms with Gasteiger partial charge in [0.25, 0.3) is 5.91 Å². The number of thiazole rings is 1. The molecule has 1 amide bonds. The molecule has 15 nitrogen and oxygen atoms in total. The van der Waals surface area contributed by atoms with Crippen LogP contribution in [0.4, 0.5) is 5.13 Å². The third kappa shape index (κ3) is 6.56. The van der Waals surface area contributed by atoms with E-state index >= 15 is 0 Å². The summed E-state index contributed by atoms with van der Waals surface area (Å²) < 4.78 is 1.23. The van der Waals surface area contributed by atoms with Crippen LogP contribution in [0.5, 0.6) is 0 Å². The van der Waals surface area contributed by atoms with Crippen molar-refractivity contribution in [3.05, 3.63) is 43.1 Å². The number of nitrogen functional groups attached to an aromatic ring is 1. The van der Waals surface area contributed by atoms with Crippen LogP contribution in [0.1, 0.15) is 5.69 Å². The Bertz CT molecular complexity index is 1450. The predicted octanol–water partition coefficient (Wildman–Crippen LogP) is -9.30. The van der Waals surface area contributed by atoms with Crippen molar-refractivity contribution in [1.29, 1.82) is 0 Å². The number of carbonyl (C=O) groups excluding carboxylic acids is 2. The fourth-order valence-electron chi connectivity index (χ4n) is 3.36. The van der Waals surface area contributed by atoms with Gasteiger partial charge < -0.3 is 25.6 Å². The average Bonchev–Trinajstić information content (AvgIpc) is 3.27. The van der Waals surface area contributed by atoms with Crippen LogP contribution in [0.25, 0.3) is 0 Å². The van der Waals surface area contributed by atoms with Crippen LogP contribution in [-0.2, 0) is 21.5 Å². The first-order valence-corrected chi connectivity index (χ1v) is 12.8. The van der Waals surface area contributed by atoms with Gasteiger partial charge in [-0.15, -0.1) is 23.1 Å². The average molecular weight is 599 g/mol. The molecular formula is C18H16N8Na2O7S3. The van der Waals surface area contributed by atoms with Crippen LogP contribution in [0.3, 0.4) is 0 Å². The predicted molar refractivity (Wildman–Crippen MR) is 127 cm³/mol. The van der Waals surface area contributed by atoms with Gasteiger partial charge in [-0.1, -0.05) is 16.9 Å². The van der Waals surface area contributed by atoms with E-state index in [9.17, 15) is 29.4 Å². The number of thioether (sulfide) groups is 2. The Hall–Kier alpha value is -1.64. The summed E-state index contributed by atoms with van der Waals surface area (Å²) in [7, 11) is 2.70. The number of nitrogens with one attached hydrogen (secondary N) is 1. The Kier molecular flexibility index (Phi) is 11.7. The number of β-lactam (4-membered cyclic amide) rings is 1. The van der Waals surface area contributed by atoms with Gasteiger partial charge in [0.2, 0.25) is 0 Å². The summed E-state index contributed by atoms with van der Waals surface area (Å²) in [6.45, 7) is 0. The molecule has 0 aliphatic carbocycles. The SMILES string of the molecule is CO/N=C(\C([O-])=N[C@@H]1C(=O)N2C(C(=O)[O-])=C(CSc3nc(=O)c(=O)[nH]n3C)CS[C@H]12)c1csc(N)n1.[Na+].[Na+]. The van der Waals surface area contributed by atoms with Crippen LogP contribution < -0.4 is 86.2 Å². The van der Waals surface area contributed by atoms with Crippen molar-refractivity contribution in [2.24, 2.45) is 17.2 Å². The van der Waals surface area contributed by atoms with E-state index in [0.717, 1.165) is 28.0 Å². The molecule has 4 heterocycles. The number of H-pyrrole nitrogens is 1. The van der Waals surface area contributed by atoms with Gasteiger partial charge >= 0.3 is 70.2 Å². The molecule has 3 N–H and O–H groups in total. The van der Waals surface area contributed by atoms with Crippen LogP contribution in [0.15, 0.2) is 41.5 Å². The number of aromatic nitrogens is 4. The van der Waals surface area contributed by atoms with E-state index < -0.39 is 40.3 Å². The first kappa shape index (κ1) is 32.6. The minimum absolute atomic E-state index is 0. The van der Waals surface area contributed by atoms with E-state index in [1.54, 1.807) is 0 Å². The van der Waals surface area contributed by atoms with Gasteiger partial charge in [0.1, 0.15) is 23.9 Å². The summed E-state index contributed by atoms with van der Waals surface area (Å²) in [6.07, 6.45) is 0. The van der Waals surface area contributed by atoms with Crippen molar-refractivity contribution in [3.8, 4) is 0 Å². The topological polar surface area (TPSA) is 224 Å². The van der Waals surface area contributed by atoms with E-state index in [4.69, 9.17) is 10.6 Å². The molecule has 1 fully saturated rings. The number of fused-ring (bicyclic) bond motifs is 1. The third-order valence-electron chi connectivity index (χ3n) is 4.94. The second-order valence-corrected chi connectivity index (χ2v) is 10.1. The molecule has 4 rings (SSSR count). The number of oxime groups is 1. The molecule has 2 aliphatic rings. The van der Waals surface area contributed by atoms with Crippen molar-refractivity contribution < 1.29 is 83.8 Å². The number of carboxylic acids is 1. The van der Waals surface area contributed by atoms with Gasteiger partial charge in [-0.05, 0) is 5.57 Å². The van der Waals surface area contributed by atoms with Crippen molar-refractivity contribution in [1.82, 2.24) is 24.6 Å². The quantitative estimate of drug-likeness (QED) is 0.0550. The molecule has 0 unspecified atom stereocenters. The number of hydrogen-bond donors (Lipinski definition) is 2. The smallest absolute Gasteiger partial charge is 0.857 e. The molecule has 0 aromatic carbocycles. The second-order valence-electron chi connectivity index (χ2n) is 7.21. The number of rotatable bonds is 8. The standard InChI is InChI=1S/C18H18N8O7S3.2Na/c1-25-18(22-12(28)13(29)23-25)36-4-6-3-34-15-9(14(30)26(15)10(6)16(31)32)21-11(27)8(24-33-2)7-5-35-17(19)20-7;;/h5,9,15H,3-4H2,1-2H3,(H2,19,20)(H,21,27)(H,23,29)(H,31,32);;/q;2*+1/p-2/b24-8-;;/t9-,15-;;/m1../s1. The summed E-state index contributed by atoms with van der Waals surface area (Å²) in [6, 6.07) is -1.15.